The maximum Gasteiger partial charge on any atom is 0.131 e. The Morgan fingerprint density at radius 1 is 1.30 bits per heavy atom. The van der Waals surface area contributed by atoms with Gasteiger partial charge in [-0.05, 0) is 48.5 Å². The minimum atomic E-state index is 0.329. The molecule has 0 fully saturated rings. The molecule has 3 nitrogen and oxygen atoms in total. The van der Waals surface area contributed by atoms with Crippen molar-refractivity contribution < 1.29 is 0 Å². The average Bonchev–Trinajstić information content (AvgIpc) is 2.89. The fourth-order valence-corrected chi connectivity index (χ4v) is 3.90. The van der Waals surface area contributed by atoms with Crippen LogP contribution in [-0.2, 0) is 0 Å². The van der Waals surface area contributed by atoms with Gasteiger partial charge < -0.3 is 15.0 Å². The third-order valence-electron chi connectivity index (χ3n) is 4.28. The first-order valence-corrected chi connectivity index (χ1v) is 8.05. The zero-order valence-electron chi connectivity index (χ0n) is 11.6. The van der Waals surface area contributed by atoms with Crippen molar-refractivity contribution in [2.45, 2.75) is 31.8 Å². The van der Waals surface area contributed by atoms with E-state index in [1.807, 2.05) is 0 Å². The first-order valence-electron chi connectivity index (χ1n) is 7.24. The number of nitrogens with one attached hydrogen (secondary N) is 3. The number of hydrogen-bond acceptors (Lipinski definition) is 3. The summed E-state index contributed by atoms with van der Waals surface area (Å²) >= 11 is 1.68. The van der Waals surface area contributed by atoms with Gasteiger partial charge in [0.15, 0.2) is 0 Å². The van der Waals surface area contributed by atoms with E-state index in [-0.39, 0.29) is 0 Å². The van der Waals surface area contributed by atoms with Crippen LogP contribution in [0.3, 0.4) is 0 Å². The molecule has 4 heteroatoms. The van der Waals surface area contributed by atoms with Crippen LogP contribution in [0.5, 0.6) is 0 Å². The van der Waals surface area contributed by atoms with Crippen molar-refractivity contribution >= 4 is 22.6 Å². The van der Waals surface area contributed by atoms with Gasteiger partial charge in [-0.15, -0.1) is 0 Å². The Balaban J connectivity index is 1.58. The lowest BCUT2D eigenvalue weighted by Crippen LogP contribution is -2.35. The van der Waals surface area contributed by atoms with Crippen molar-refractivity contribution in [3.05, 3.63) is 46.7 Å². The molecular weight excluding hydrogens is 266 g/mol. The highest BCUT2D eigenvalue weighted by molar-refractivity contribution is 7.12. The summed E-state index contributed by atoms with van der Waals surface area (Å²) in [4.78, 5) is 0. The lowest BCUT2D eigenvalue weighted by Gasteiger charge is -2.29. The fourth-order valence-electron chi connectivity index (χ4n) is 3.25. The van der Waals surface area contributed by atoms with Crippen molar-refractivity contribution in [1.29, 1.82) is 0 Å². The largest absolute Gasteiger partial charge is 0.364 e. The SMILES string of the molecule is CC1=CCCC(C2NCC=C2C2C=Cc3[nH]sc3N2)=C1. The van der Waals surface area contributed by atoms with Crippen molar-refractivity contribution in [1.82, 2.24) is 9.69 Å². The van der Waals surface area contributed by atoms with E-state index in [2.05, 4.69) is 52.3 Å². The summed E-state index contributed by atoms with van der Waals surface area (Å²) in [7, 11) is 0. The zero-order chi connectivity index (χ0) is 13.5. The molecule has 2 unspecified atom stereocenters. The molecule has 3 heterocycles. The van der Waals surface area contributed by atoms with Gasteiger partial charge in [0.25, 0.3) is 0 Å². The third-order valence-corrected chi connectivity index (χ3v) is 5.15. The number of aromatic amines is 1. The Morgan fingerprint density at radius 2 is 2.25 bits per heavy atom. The molecule has 1 aromatic rings. The maximum absolute atomic E-state index is 3.64. The molecule has 0 bridgehead atoms. The Morgan fingerprint density at radius 3 is 3.00 bits per heavy atom. The fraction of sp³-hybridized carbons (Fsp3) is 0.375. The van der Waals surface area contributed by atoms with Crippen LogP contribution in [0.4, 0.5) is 5.00 Å². The molecule has 0 spiro atoms. The lowest BCUT2D eigenvalue weighted by atomic mass is 9.88. The summed E-state index contributed by atoms with van der Waals surface area (Å²) in [5.41, 5.74) is 5.63. The van der Waals surface area contributed by atoms with E-state index in [9.17, 15) is 0 Å². The van der Waals surface area contributed by atoms with Crippen molar-refractivity contribution in [3.8, 4) is 0 Å². The molecule has 0 saturated heterocycles. The molecule has 4 rings (SSSR count). The van der Waals surface area contributed by atoms with Crippen LogP contribution in [0.1, 0.15) is 25.5 Å². The molecule has 0 amide bonds. The quantitative estimate of drug-likeness (QED) is 0.728. The summed E-state index contributed by atoms with van der Waals surface area (Å²) < 4.78 is 3.23. The van der Waals surface area contributed by atoms with Gasteiger partial charge in [0.1, 0.15) is 5.00 Å². The highest BCUT2D eigenvalue weighted by atomic mass is 32.1. The Labute approximate surface area is 123 Å². The van der Waals surface area contributed by atoms with Crippen LogP contribution < -0.4 is 10.6 Å². The first kappa shape index (κ1) is 12.2. The number of anilines is 1. The predicted molar refractivity (Wildman–Crippen MR) is 86.1 cm³/mol. The average molecular weight is 285 g/mol. The lowest BCUT2D eigenvalue weighted by molar-refractivity contribution is 0.668. The summed E-state index contributed by atoms with van der Waals surface area (Å²) in [6.45, 7) is 3.17. The predicted octanol–water partition coefficient (Wildman–Crippen LogP) is 3.45. The van der Waals surface area contributed by atoms with Gasteiger partial charge in [-0.3, -0.25) is 0 Å². The number of aromatic nitrogens is 1. The summed E-state index contributed by atoms with van der Waals surface area (Å²) in [5.74, 6) is 0. The molecule has 1 aliphatic carbocycles. The second kappa shape index (κ2) is 4.79. The minimum absolute atomic E-state index is 0.329. The van der Waals surface area contributed by atoms with E-state index in [1.54, 1.807) is 11.5 Å². The van der Waals surface area contributed by atoms with Crippen LogP contribution in [0.15, 0.2) is 41.0 Å². The van der Waals surface area contributed by atoms with Gasteiger partial charge in [-0.1, -0.05) is 29.9 Å². The van der Waals surface area contributed by atoms with E-state index in [1.165, 1.54) is 40.3 Å². The standard InChI is InChI=1S/C16H19N3S/c1-10-3-2-4-11(9-10)15-12(7-8-17-15)13-5-6-14-16(18-13)20-19-14/h3,5-7,9,13,15,17-19H,2,4,8H2,1H3. The topological polar surface area (TPSA) is 39.9 Å². The van der Waals surface area contributed by atoms with Crippen LogP contribution in [0.2, 0.25) is 0 Å². The minimum Gasteiger partial charge on any atom is -0.364 e. The van der Waals surface area contributed by atoms with E-state index >= 15 is 0 Å². The number of hydrogen-bond donors (Lipinski definition) is 3. The summed E-state index contributed by atoms with van der Waals surface area (Å²) in [5, 5.41) is 8.53. The molecule has 0 radical (unpaired) electrons. The second-order valence-corrected chi connectivity index (χ2v) is 6.50. The number of fused-ring (bicyclic) bond motifs is 1. The molecule has 0 aromatic carbocycles. The monoisotopic (exact) mass is 285 g/mol. The first-order chi connectivity index (χ1) is 9.81. The highest BCUT2D eigenvalue weighted by Gasteiger charge is 2.29. The zero-order valence-corrected chi connectivity index (χ0v) is 12.4. The van der Waals surface area contributed by atoms with E-state index < -0.39 is 0 Å². The van der Waals surface area contributed by atoms with Crippen LogP contribution in [-0.4, -0.2) is 23.0 Å². The van der Waals surface area contributed by atoms with Crippen LogP contribution >= 0.6 is 11.5 Å². The smallest absolute Gasteiger partial charge is 0.131 e. The van der Waals surface area contributed by atoms with Gasteiger partial charge >= 0.3 is 0 Å². The third kappa shape index (κ3) is 2.00. The van der Waals surface area contributed by atoms with Gasteiger partial charge in [-0.25, -0.2) is 0 Å². The van der Waals surface area contributed by atoms with Crippen molar-refractivity contribution in [2.24, 2.45) is 0 Å². The summed E-state index contributed by atoms with van der Waals surface area (Å²) in [6, 6.07) is 0.733. The van der Waals surface area contributed by atoms with E-state index in [0.717, 1.165) is 6.54 Å². The van der Waals surface area contributed by atoms with Crippen LogP contribution in [0.25, 0.3) is 6.08 Å². The molecule has 2 aliphatic heterocycles. The number of allylic oxidation sites excluding steroid dienone is 3. The molecular formula is C16H19N3S. The van der Waals surface area contributed by atoms with E-state index in [4.69, 9.17) is 0 Å². The number of rotatable bonds is 2. The molecule has 2 atom stereocenters. The van der Waals surface area contributed by atoms with Crippen molar-refractivity contribution in [3.63, 3.8) is 0 Å². The Bertz CT molecular complexity index is 641. The molecule has 1 aromatic heterocycles. The Hall–Kier alpha value is -1.52. The molecule has 104 valence electrons. The van der Waals surface area contributed by atoms with Gasteiger partial charge in [0.2, 0.25) is 0 Å². The van der Waals surface area contributed by atoms with E-state index in [0.29, 0.717) is 12.1 Å². The number of H-pyrrole nitrogens is 1. The maximum atomic E-state index is 3.64. The highest BCUT2D eigenvalue weighted by Crippen LogP contribution is 2.34. The van der Waals surface area contributed by atoms with Crippen LogP contribution in [0, 0.1) is 0 Å². The second-order valence-electron chi connectivity index (χ2n) is 5.68. The molecule has 3 aliphatic rings. The Kier molecular flexibility index (Phi) is 2.93. The summed E-state index contributed by atoms with van der Waals surface area (Å²) in [6.07, 6.45) is 13.8. The van der Waals surface area contributed by atoms with Crippen molar-refractivity contribution in [2.75, 3.05) is 11.9 Å². The van der Waals surface area contributed by atoms with Gasteiger partial charge in [-0.2, -0.15) is 0 Å². The molecule has 20 heavy (non-hydrogen) atoms. The van der Waals surface area contributed by atoms with Gasteiger partial charge in [0.05, 0.1) is 17.8 Å². The van der Waals surface area contributed by atoms with Gasteiger partial charge in [0, 0.05) is 6.54 Å². The molecule has 3 N–H and O–H groups in total. The normalized spacial score (nSPS) is 28.6. The molecule has 0 saturated carbocycles.